The SMILES string of the molecule is COc1ccc2c(c1)CCCC=C2C. The highest BCUT2D eigenvalue weighted by atomic mass is 16.5. The van der Waals surface area contributed by atoms with Gasteiger partial charge in [0, 0.05) is 0 Å². The molecule has 2 rings (SSSR count). The molecule has 1 heteroatoms. The summed E-state index contributed by atoms with van der Waals surface area (Å²) in [7, 11) is 1.72. The molecule has 14 heavy (non-hydrogen) atoms. The summed E-state index contributed by atoms with van der Waals surface area (Å²) in [5.41, 5.74) is 4.22. The van der Waals surface area contributed by atoms with Crippen molar-refractivity contribution >= 4 is 5.57 Å². The lowest BCUT2D eigenvalue weighted by atomic mass is 10.00. The van der Waals surface area contributed by atoms with Crippen molar-refractivity contribution in [2.75, 3.05) is 7.11 Å². The van der Waals surface area contributed by atoms with Gasteiger partial charge in [-0.25, -0.2) is 0 Å². The first-order valence-corrected chi connectivity index (χ1v) is 5.15. The van der Waals surface area contributed by atoms with Crippen molar-refractivity contribution in [2.24, 2.45) is 0 Å². The Bertz CT molecular complexity index is 363. The number of methoxy groups -OCH3 is 1. The minimum Gasteiger partial charge on any atom is -0.497 e. The van der Waals surface area contributed by atoms with E-state index >= 15 is 0 Å². The standard InChI is InChI=1S/C13H16O/c1-10-5-3-4-6-11-9-12(14-2)7-8-13(10)11/h5,7-9H,3-4,6H2,1-2H3. The first kappa shape index (κ1) is 9.32. The van der Waals surface area contributed by atoms with Crippen LogP contribution in [-0.4, -0.2) is 7.11 Å². The van der Waals surface area contributed by atoms with E-state index in [9.17, 15) is 0 Å². The quantitative estimate of drug-likeness (QED) is 0.656. The van der Waals surface area contributed by atoms with Gasteiger partial charge in [-0.3, -0.25) is 0 Å². The second kappa shape index (κ2) is 3.87. The van der Waals surface area contributed by atoms with Crippen LogP contribution in [0, 0.1) is 0 Å². The molecular formula is C13H16O. The van der Waals surface area contributed by atoms with Crippen LogP contribution in [0.1, 0.15) is 30.9 Å². The van der Waals surface area contributed by atoms with Crippen molar-refractivity contribution in [1.29, 1.82) is 0 Å². The second-order valence-electron chi connectivity index (χ2n) is 3.80. The Morgan fingerprint density at radius 3 is 2.93 bits per heavy atom. The van der Waals surface area contributed by atoms with Gasteiger partial charge in [0.2, 0.25) is 0 Å². The molecule has 0 atom stereocenters. The number of benzene rings is 1. The van der Waals surface area contributed by atoms with E-state index < -0.39 is 0 Å². The van der Waals surface area contributed by atoms with Crippen LogP contribution in [0.2, 0.25) is 0 Å². The maximum absolute atomic E-state index is 5.24. The maximum Gasteiger partial charge on any atom is 0.119 e. The average Bonchev–Trinajstić information content (AvgIpc) is 2.40. The molecule has 0 saturated heterocycles. The zero-order valence-corrected chi connectivity index (χ0v) is 8.84. The molecule has 1 nitrogen and oxygen atoms in total. The maximum atomic E-state index is 5.24. The van der Waals surface area contributed by atoms with E-state index in [1.165, 1.54) is 36.0 Å². The van der Waals surface area contributed by atoms with Gasteiger partial charge in [-0.2, -0.15) is 0 Å². The third-order valence-corrected chi connectivity index (χ3v) is 2.84. The summed E-state index contributed by atoms with van der Waals surface area (Å²) in [6.45, 7) is 2.19. The number of allylic oxidation sites excluding steroid dienone is 2. The van der Waals surface area contributed by atoms with Gasteiger partial charge in [-0.15, -0.1) is 0 Å². The molecule has 0 N–H and O–H groups in total. The minimum atomic E-state index is 0.971. The van der Waals surface area contributed by atoms with Crippen LogP contribution in [0.3, 0.4) is 0 Å². The predicted octanol–water partition coefficient (Wildman–Crippen LogP) is 3.43. The highest BCUT2D eigenvalue weighted by Crippen LogP contribution is 2.28. The van der Waals surface area contributed by atoms with E-state index in [0.717, 1.165) is 5.75 Å². The molecule has 0 radical (unpaired) electrons. The van der Waals surface area contributed by atoms with Gasteiger partial charge in [0.25, 0.3) is 0 Å². The van der Waals surface area contributed by atoms with Crippen LogP contribution in [0.15, 0.2) is 24.3 Å². The van der Waals surface area contributed by atoms with Gasteiger partial charge in [0.05, 0.1) is 7.11 Å². The molecule has 0 aliphatic heterocycles. The normalized spacial score (nSPS) is 15.4. The summed E-state index contributed by atoms with van der Waals surface area (Å²) >= 11 is 0. The summed E-state index contributed by atoms with van der Waals surface area (Å²) in [5.74, 6) is 0.971. The summed E-state index contributed by atoms with van der Waals surface area (Å²) in [4.78, 5) is 0. The summed E-state index contributed by atoms with van der Waals surface area (Å²) < 4.78 is 5.24. The topological polar surface area (TPSA) is 9.23 Å². The van der Waals surface area contributed by atoms with Gasteiger partial charge in [-0.05, 0) is 55.0 Å². The third-order valence-electron chi connectivity index (χ3n) is 2.84. The lowest BCUT2D eigenvalue weighted by Crippen LogP contribution is -1.92. The van der Waals surface area contributed by atoms with E-state index in [0.29, 0.717) is 0 Å². The summed E-state index contributed by atoms with van der Waals surface area (Å²) in [5, 5.41) is 0. The van der Waals surface area contributed by atoms with E-state index in [4.69, 9.17) is 4.74 Å². The fourth-order valence-corrected chi connectivity index (χ4v) is 2.01. The van der Waals surface area contributed by atoms with Crippen LogP contribution in [-0.2, 0) is 6.42 Å². The van der Waals surface area contributed by atoms with Gasteiger partial charge in [-0.1, -0.05) is 12.1 Å². The van der Waals surface area contributed by atoms with E-state index in [-0.39, 0.29) is 0 Å². The van der Waals surface area contributed by atoms with Gasteiger partial charge in [0.1, 0.15) is 5.75 Å². The van der Waals surface area contributed by atoms with Gasteiger partial charge in [0.15, 0.2) is 0 Å². The number of fused-ring (bicyclic) bond motifs is 1. The van der Waals surface area contributed by atoms with Crippen LogP contribution in [0.25, 0.3) is 5.57 Å². The van der Waals surface area contributed by atoms with Crippen molar-refractivity contribution in [1.82, 2.24) is 0 Å². The monoisotopic (exact) mass is 188 g/mol. The van der Waals surface area contributed by atoms with Crippen molar-refractivity contribution in [3.8, 4) is 5.75 Å². The predicted molar refractivity (Wildman–Crippen MR) is 59.6 cm³/mol. The Morgan fingerprint density at radius 1 is 1.29 bits per heavy atom. The smallest absolute Gasteiger partial charge is 0.119 e. The van der Waals surface area contributed by atoms with E-state index in [1.54, 1.807) is 7.11 Å². The largest absolute Gasteiger partial charge is 0.497 e. The number of rotatable bonds is 1. The Morgan fingerprint density at radius 2 is 2.14 bits per heavy atom. The molecule has 1 aromatic carbocycles. The van der Waals surface area contributed by atoms with Crippen LogP contribution < -0.4 is 4.74 Å². The highest BCUT2D eigenvalue weighted by molar-refractivity contribution is 5.68. The molecular weight excluding hydrogens is 172 g/mol. The Hall–Kier alpha value is -1.24. The van der Waals surface area contributed by atoms with Crippen LogP contribution >= 0.6 is 0 Å². The Labute approximate surface area is 85.4 Å². The van der Waals surface area contributed by atoms with E-state index in [1.807, 2.05) is 6.07 Å². The van der Waals surface area contributed by atoms with Gasteiger partial charge < -0.3 is 4.74 Å². The Kier molecular flexibility index (Phi) is 2.58. The molecule has 0 fully saturated rings. The molecule has 1 aliphatic rings. The van der Waals surface area contributed by atoms with Gasteiger partial charge >= 0.3 is 0 Å². The molecule has 0 bridgehead atoms. The summed E-state index contributed by atoms with van der Waals surface area (Å²) in [6.07, 6.45) is 5.94. The zero-order valence-electron chi connectivity index (χ0n) is 8.84. The lowest BCUT2D eigenvalue weighted by Gasteiger charge is -2.09. The van der Waals surface area contributed by atoms with Crippen LogP contribution in [0.5, 0.6) is 5.75 Å². The number of aryl methyl sites for hydroxylation is 1. The van der Waals surface area contributed by atoms with Crippen LogP contribution in [0.4, 0.5) is 0 Å². The second-order valence-corrected chi connectivity index (χ2v) is 3.80. The number of hydrogen-bond acceptors (Lipinski definition) is 1. The molecule has 1 aliphatic carbocycles. The third kappa shape index (κ3) is 1.67. The van der Waals surface area contributed by atoms with Crippen molar-refractivity contribution in [3.05, 3.63) is 35.4 Å². The number of hydrogen-bond donors (Lipinski definition) is 0. The number of ether oxygens (including phenoxy) is 1. The summed E-state index contributed by atoms with van der Waals surface area (Å²) in [6, 6.07) is 6.38. The molecule has 0 amide bonds. The Balaban J connectivity index is 2.46. The molecule has 1 aromatic rings. The molecule has 0 spiro atoms. The van der Waals surface area contributed by atoms with Crippen molar-refractivity contribution in [2.45, 2.75) is 26.2 Å². The minimum absolute atomic E-state index is 0.971. The molecule has 74 valence electrons. The highest BCUT2D eigenvalue weighted by Gasteiger charge is 2.08. The lowest BCUT2D eigenvalue weighted by molar-refractivity contribution is 0.414. The molecule has 0 aromatic heterocycles. The zero-order chi connectivity index (χ0) is 9.97. The van der Waals surface area contributed by atoms with Crippen molar-refractivity contribution in [3.63, 3.8) is 0 Å². The van der Waals surface area contributed by atoms with Crippen molar-refractivity contribution < 1.29 is 4.74 Å². The first-order valence-electron chi connectivity index (χ1n) is 5.15. The molecule has 0 heterocycles. The fraction of sp³-hybridized carbons (Fsp3) is 0.385. The average molecular weight is 188 g/mol. The van der Waals surface area contributed by atoms with E-state index in [2.05, 4.69) is 25.1 Å². The molecule has 0 unspecified atom stereocenters. The fourth-order valence-electron chi connectivity index (χ4n) is 2.01. The first-order chi connectivity index (χ1) is 6.81. The molecule has 0 saturated carbocycles.